The van der Waals surface area contributed by atoms with Crippen molar-refractivity contribution in [2.75, 3.05) is 0 Å². The van der Waals surface area contributed by atoms with Crippen molar-refractivity contribution in [2.45, 2.75) is 4.90 Å². The van der Waals surface area contributed by atoms with Gasteiger partial charge in [0.2, 0.25) is 0 Å². The number of carboxylic acid groups (broad SMARTS) is 1. The van der Waals surface area contributed by atoms with E-state index < -0.39 is 15.0 Å². The van der Waals surface area contributed by atoms with Crippen molar-refractivity contribution in [3.63, 3.8) is 0 Å². The standard InChI is InChI=1S/C7H3BrClIO4S/c8-3-1-4(7(11)12)6(10)5(2-3)15(9,13)14/h1-2H,(H,11,12). The van der Waals surface area contributed by atoms with Gasteiger partial charge in [-0.3, -0.25) is 0 Å². The van der Waals surface area contributed by atoms with Gasteiger partial charge >= 0.3 is 5.97 Å². The molecule has 0 unspecified atom stereocenters. The van der Waals surface area contributed by atoms with Crippen molar-refractivity contribution < 1.29 is 18.3 Å². The van der Waals surface area contributed by atoms with Crippen LogP contribution in [0.1, 0.15) is 10.4 Å². The Morgan fingerprint density at radius 3 is 2.40 bits per heavy atom. The van der Waals surface area contributed by atoms with E-state index >= 15 is 0 Å². The van der Waals surface area contributed by atoms with E-state index in [4.69, 9.17) is 15.8 Å². The summed E-state index contributed by atoms with van der Waals surface area (Å²) in [6, 6.07) is 2.58. The fourth-order valence-corrected chi connectivity index (χ4v) is 4.27. The summed E-state index contributed by atoms with van der Waals surface area (Å²) < 4.78 is 22.7. The first kappa shape index (κ1) is 13.2. The molecule has 0 fully saturated rings. The zero-order valence-electron chi connectivity index (χ0n) is 6.87. The zero-order valence-corrected chi connectivity index (χ0v) is 12.2. The van der Waals surface area contributed by atoms with Crippen LogP contribution >= 0.6 is 49.2 Å². The molecular formula is C7H3BrClIO4S. The fourth-order valence-electron chi connectivity index (χ4n) is 0.897. The minimum absolute atomic E-state index is 0.0956. The Kier molecular flexibility index (Phi) is 4.01. The van der Waals surface area contributed by atoms with E-state index in [0.29, 0.717) is 4.47 Å². The van der Waals surface area contributed by atoms with Crippen LogP contribution in [0.4, 0.5) is 0 Å². The molecule has 0 bridgehead atoms. The highest BCUT2D eigenvalue weighted by molar-refractivity contribution is 14.1. The SMILES string of the molecule is O=C(O)c1cc(Br)cc(S(=O)(=O)Cl)c1I. The second kappa shape index (κ2) is 4.56. The van der Waals surface area contributed by atoms with E-state index in [1.54, 1.807) is 22.6 Å². The van der Waals surface area contributed by atoms with Gasteiger partial charge in [-0.15, -0.1) is 0 Å². The number of aromatic carboxylic acids is 1. The Morgan fingerprint density at radius 2 is 2.00 bits per heavy atom. The van der Waals surface area contributed by atoms with Gasteiger partial charge in [0.1, 0.15) is 0 Å². The maximum atomic E-state index is 11.1. The molecule has 1 aromatic rings. The Bertz CT molecular complexity index is 528. The molecule has 0 amide bonds. The molecule has 0 spiro atoms. The summed E-state index contributed by atoms with van der Waals surface area (Å²) in [6.45, 7) is 0. The first-order valence-electron chi connectivity index (χ1n) is 3.40. The third-order valence-electron chi connectivity index (χ3n) is 1.50. The summed E-state index contributed by atoms with van der Waals surface area (Å²) in [7, 11) is 1.23. The molecule has 15 heavy (non-hydrogen) atoms. The number of rotatable bonds is 2. The molecule has 0 heterocycles. The lowest BCUT2D eigenvalue weighted by Crippen LogP contribution is -2.04. The second-order valence-electron chi connectivity index (χ2n) is 2.51. The fraction of sp³-hybridized carbons (Fsp3) is 0. The maximum Gasteiger partial charge on any atom is 0.336 e. The molecule has 0 aliphatic rings. The highest BCUT2D eigenvalue weighted by Crippen LogP contribution is 2.28. The van der Waals surface area contributed by atoms with Crippen LogP contribution in [0.5, 0.6) is 0 Å². The lowest BCUT2D eigenvalue weighted by atomic mass is 10.2. The average molecular weight is 425 g/mol. The first-order chi connectivity index (χ1) is 6.73. The lowest BCUT2D eigenvalue weighted by Gasteiger charge is -2.05. The predicted octanol–water partition coefficient (Wildman–Crippen LogP) is 2.68. The minimum atomic E-state index is -3.94. The number of carbonyl (C=O) groups is 1. The van der Waals surface area contributed by atoms with Crippen molar-refractivity contribution in [1.29, 1.82) is 0 Å². The Morgan fingerprint density at radius 1 is 1.47 bits per heavy atom. The van der Waals surface area contributed by atoms with E-state index in [-0.39, 0.29) is 14.0 Å². The summed E-state index contributed by atoms with van der Waals surface area (Å²) in [6.07, 6.45) is 0. The highest BCUT2D eigenvalue weighted by Gasteiger charge is 2.21. The zero-order chi connectivity index (χ0) is 11.8. The van der Waals surface area contributed by atoms with E-state index in [2.05, 4.69) is 15.9 Å². The molecular weight excluding hydrogens is 422 g/mol. The molecule has 0 radical (unpaired) electrons. The van der Waals surface area contributed by atoms with Gasteiger partial charge < -0.3 is 5.11 Å². The summed E-state index contributed by atoms with van der Waals surface area (Å²) in [4.78, 5) is 10.6. The van der Waals surface area contributed by atoms with Crippen LogP contribution in [0.25, 0.3) is 0 Å². The van der Waals surface area contributed by atoms with Crippen LogP contribution < -0.4 is 0 Å². The number of hydrogen-bond donors (Lipinski definition) is 1. The number of halogens is 3. The lowest BCUT2D eigenvalue weighted by molar-refractivity contribution is 0.0695. The summed E-state index contributed by atoms with van der Waals surface area (Å²) >= 11 is 4.65. The molecule has 0 saturated heterocycles. The highest BCUT2D eigenvalue weighted by atomic mass is 127. The number of hydrogen-bond acceptors (Lipinski definition) is 3. The van der Waals surface area contributed by atoms with Crippen molar-refractivity contribution in [2.24, 2.45) is 0 Å². The largest absolute Gasteiger partial charge is 0.478 e. The molecule has 0 aromatic heterocycles. The molecule has 4 nitrogen and oxygen atoms in total. The van der Waals surface area contributed by atoms with Crippen molar-refractivity contribution in [1.82, 2.24) is 0 Å². The average Bonchev–Trinajstić information content (AvgIpc) is 2.06. The summed E-state index contributed by atoms with van der Waals surface area (Å²) in [5.74, 6) is -1.21. The predicted molar refractivity (Wildman–Crippen MR) is 66.9 cm³/mol. The summed E-state index contributed by atoms with van der Waals surface area (Å²) in [5, 5.41) is 8.82. The van der Waals surface area contributed by atoms with Gasteiger partial charge in [-0.25, -0.2) is 13.2 Å². The van der Waals surface area contributed by atoms with Gasteiger partial charge in [0, 0.05) is 18.7 Å². The normalized spacial score (nSPS) is 11.4. The van der Waals surface area contributed by atoms with Crippen molar-refractivity contribution in [3.05, 3.63) is 25.7 Å². The molecule has 1 N–H and O–H groups in total. The Balaban J connectivity index is 3.63. The van der Waals surface area contributed by atoms with E-state index in [1.165, 1.54) is 12.1 Å². The van der Waals surface area contributed by atoms with Gasteiger partial charge in [0.25, 0.3) is 9.05 Å². The molecule has 82 valence electrons. The Hall–Kier alpha value is 0.140. The quantitative estimate of drug-likeness (QED) is 0.584. The third-order valence-corrected chi connectivity index (χ3v) is 4.83. The van der Waals surface area contributed by atoms with Gasteiger partial charge in [-0.2, -0.15) is 0 Å². The van der Waals surface area contributed by atoms with E-state index in [9.17, 15) is 13.2 Å². The van der Waals surface area contributed by atoms with Gasteiger partial charge in [0.05, 0.1) is 10.5 Å². The molecule has 0 atom stereocenters. The van der Waals surface area contributed by atoms with Crippen LogP contribution in [-0.2, 0) is 9.05 Å². The second-order valence-corrected chi connectivity index (χ2v) is 7.04. The van der Waals surface area contributed by atoms with Crippen molar-refractivity contribution >= 4 is 64.2 Å². The monoisotopic (exact) mass is 424 g/mol. The molecule has 8 heteroatoms. The first-order valence-corrected chi connectivity index (χ1v) is 7.58. The maximum absolute atomic E-state index is 11.1. The van der Waals surface area contributed by atoms with Crippen LogP contribution in [0.2, 0.25) is 0 Å². The van der Waals surface area contributed by atoms with Gasteiger partial charge in [0.15, 0.2) is 0 Å². The molecule has 0 aliphatic heterocycles. The van der Waals surface area contributed by atoms with Gasteiger partial charge in [-0.05, 0) is 34.7 Å². The van der Waals surface area contributed by atoms with Crippen LogP contribution in [0.15, 0.2) is 21.5 Å². The number of carboxylic acids is 1. The topological polar surface area (TPSA) is 71.4 Å². The molecule has 1 rings (SSSR count). The van der Waals surface area contributed by atoms with Crippen LogP contribution in [0, 0.1) is 3.57 Å². The third kappa shape index (κ3) is 3.05. The molecule has 0 saturated carbocycles. The summed E-state index contributed by atoms with van der Waals surface area (Å²) in [5.41, 5.74) is -0.107. The van der Waals surface area contributed by atoms with Crippen LogP contribution in [-0.4, -0.2) is 19.5 Å². The Labute approximate surface area is 112 Å². The smallest absolute Gasteiger partial charge is 0.336 e. The number of benzene rings is 1. The van der Waals surface area contributed by atoms with E-state index in [1.807, 2.05) is 0 Å². The van der Waals surface area contributed by atoms with Crippen molar-refractivity contribution in [3.8, 4) is 0 Å². The minimum Gasteiger partial charge on any atom is -0.478 e. The van der Waals surface area contributed by atoms with Crippen LogP contribution in [0.3, 0.4) is 0 Å². The van der Waals surface area contributed by atoms with E-state index in [0.717, 1.165) is 0 Å². The molecule has 0 aliphatic carbocycles. The van der Waals surface area contributed by atoms with Gasteiger partial charge in [-0.1, -0.05) is 15.9 Å². The molecule has 1 aromatic carbocycles.